The van der Waals surface area contributed by atoms with Crippen molar-refractivity contribution >= 4 is 22.8 Å². The van der Waals surface area contributed by atoms with Crippen LogP contribution in [0.3, 0.4) is 0 Å². The average molecular weight is 712 g/mol. The van der Waals surface area contributed by atoms with Crippen LogP contribution in [-0.4, -0.2) is 76.7 Å². The van der Waals surface area contributed by atoms with Crippen molar-refractivity contribution in [2.75, 3.05) is 25.4 Å². The topological polar surface area (TPSA) is 57.2 Å². The Morgan fingerprint density at radius 2 is 1.24 bits per heavy atom. The van der Waals surface area contributed by atoms with Crippen LogP contribution in [0.2, 0.25) is 0 Å². The second kappa shape index (κ2) is 16.2. The summed E-state index contributed by atoms with van der Waals surface area (Å²) in [6.07, 6.45) is -5.74. The van der Waals surface area contributed by atoms with Gasteiger partial charge in [-0.15, -0.1) is 0 Å². The fraction of sp³-hybridized carbons (Fsp3) is 0.714. The lowest BCUT2D eigenvalue weighted by Crippen LogP contribution is -2.70. The first kappa shape index (κ1) is 41.8. The Bertz CT molecular complexity index is 1120. The molecule has 46 heavy (non-hydrogen) atoms. The van der Waals surface area contributed by atoms with E-state index in [1.165, 1.54) is 0 Å². The molecule has 1 aromatic rings. The van der Waals surface area contributed by atoms with Crippen LogP contribution in [0.25, 0.3) is 0 Å². The van der Waals surface area contributed by atoms with Gasteiger partial charge in [-0.3, -0.25) is 4.79 Å². The van der Waals surface area contributed by atoms with Crippen LogP contribution < -0.4 is 5.11 Å². The monoisotopic (exact) mass is 711 g/mol. The minimum Gasteiger partial charge on any atom is -0.550 e. The van der Waals surface area contributed by atoms with Crippen molar-refractivity contribution in [3.63, 3.8) is 0 Å². The summed E-state index contributed by atoms with van der Waals surface area (Å²) >= 11 is -0.122. The van der Waals surface area contributed by atoms with E-state index in [1.54, 1.807) is 30.3 Å². The third kappa shape index (κ3) is 10.1. The fourth-order valence-corrected chi connectivity index (χ4v) is 5.53. The first-order valence-electron chi connectivity index (χ1n) is 14.1. The third-order valence-electron chi connectivity index (χ3n) is 7.28. The molecule has 0 heterocycles. The van der Waals surface area contributed by atoms with Crippen molar-refractivity contribution in [2.45, 2.75) is 101 Å². The number of rotatable bonds is 21. The molecule has 18 heteroatoms. The smallest absolute Gasteiger partial charge is 0.460 e. The molecule has 0 N–H and O–H groups in total. The van der Waals surface area contributed by atoms with Crippen LogP contribution >= 0.6 is 11.8 Å². The molecule has 4 nitrogen and oxygen atoms in total. The van der Waals surface area contributed by atoms with E-state index in [0.29, 0.717) is 18.4 Å². The van der Waals surface area contributed by atoms with E-state index in [4.69, 9.17) is 0 Å². The Morgan fingerprint density at radius 1 is 0.717 bits per heavy atom. The highest BCUT2D eigenvalue weighted by atomic mass is 32.2. The molecule has 0 radical (unpaired) electrons. The highest BCUT2D eigenvalue weighted by molar-refractivity contribution is 8.13. The lowest BCUT2D eigenvalue weighted by Gasteiger charge is -2.40. The maximum absolute atomic E-state index is 14.2. The van der Waals surface area contributed by atoms with E-state index in [2.05, 4.69) is 0 Å². The zero-order valence-electron chi connectivity index (χ0n) is 24.6. The molecule has 266 valence electrons. The molecular formula is C28H34F13NO3S. The minimum atomic E-state index is -7.99. The maximum atomic E-state index is 14.2. The van der Waals surface area contributed by atoms with E-state index in [9.17, 15) is 71.8 Å². The number of carboxylic acids is 1. The number of quaternary nitrogens is 1. The van der Waals surface area contributed by atoms with Crippen LogP contribution in [0.15, 0.2) is 30.3 Å². The van der Waals surface area contributed by atoms with Crippen molar-refractivity contribution in [1.82, 2.24) is 0 Å². The van der Waals surface area contributed by atoms with Crippen molar-refractivity contribution in [3.05, 3.63) is 35.9 Å². The number of hydrogen-bond acceptors (Lipinski definition) is 4. The Balaban J connectivity index is 3.16. The third-order valence-corrected chi connectivity index (χ3v) is 8.14. The van der Waals surface area contributed by atoms with Gasteiger partial charge in [0.25, 0.3) is 0 Å². The van der Waals surface area contributed by atoms with Gasteiger partial charge in [-0.1, -0.05) is 74.7 Å². The summed E-state index contributed by atoms with van der Waals surface area (Å²) < 4.78 is 174. The number of alkyl halides is 13. The normalized spacial score (nSPS) is 15.1. The highest BCUT2D eigenvalue weighted by Gasteiger charge is 2.90. The summed E-state index contributed by atoms with van der Waals surface area (Å²) in [7, 11) is 0. The number of thioether (sulfide) groups is 1. The number of unbranched alkanes of at least 4 members (excludes halogenated alkanes) is 5. The van der Waals surface area contributed by atoms with Gasteiger partial charge in [0.1, 0.15) is 13.1 Å². The minimum absolute atomic E-state index is 0.0539. The number of carbonyl (C=O) groups excluding carboxylic acids is 2. The Morgan fingerprint density at radius 3 is 1.76 bits per heavy atom. The van der Waals surface area contributed by atoms with Crippen LogP contribution in [0.5, 0.6) is 0 Å². The van der Waals surface area contributed by atoms with Gasteiger partial charge in [0.05, 0.1) is 13.1 Å². The van der Waals surface area contributed by atoms with E-state index in [-0.39, 0.29) is 35.9 Å². The number of nitrogens with zero attached hydrogens (tertiary/aromatic N) is 1. The Kier molecular flexibility index (Phi) is 14.8. The van der Waals surface area contributed by atoms with Gasteiger partial charge in [-0.05, 0) is 12.8 Å². The number of hydrogen-bond donors (Lipinski definition) is 0. The fourth-order valence-electron chi connectivity index (χ4n) is 4.58. The SMILES string of the molecule is CCCCCCCC[N+](CCC(=O)[O-])(CC(=O)SCCC(F)(F)C(F)(F)C(F)(F)C(F)(F)C(F)(F)C(F)(F)F)Cc1ccccc1. The molecule has 1 rings (SSSR count). The Labute approximate surface area is 261 Å². The van der Waals surface area contributed by atoms with Gasteiger partial charge in [-0.25, -0.2) is 0 Å². The van der Waals surface area contributed by atoms with Gasteiger partial charge in [-0.2, -0.15) is 57.1 Å². The molecule has 0 saturated carbocycles. The van der Waals surface area contributed by atoms with E-state index in [0.717, 1.165) is 25.7 Å². The summed E-state index contributed by atoms with van der Waals surface area (Å²) in [4.78, 5) is 24.1. The predicted octanol–water partition coefficient (Wildman–Crippen LogP) is 7.89. The molecule has 0 aliphatic rings. The van der Waals surface area contributed by atoms with Gasteiger partial charge in [0.2, 0.25) is 5.12 Å². The van der Waals surface area contributed by atoms with E-state index < -0.39 is 72.0 Å². The van der Waals surface area contributed by atoms with Gasteiger partial charge in [0, 0.05) is 30.1 Å². The molecule has 0 aliphatic carbocycles. The number of aliphatic carboxylic acids is 1. The van der Waals surface area contributed by atoms with Crippen molar-refractivity contribution < 1.29 is 76.3 Å². The lowest BCUT2D eigenvalue weighted by atomic mass is 9.93. The zero-order valence-corrected chi connectivity index (χ0v) is 25.4. The average Bonchev–Trinajstić information content (AvgIpc) is 2.93. The summed E-state index contributed by atoms with van der Waals surface area (Å²) in [6.45, 7) is 1.48. The number of benzene rings is 1. The molecule has 0 aromatic heterocycles. The van der Waals surface area contributed by atoms with Crippen molar-refractivity contribution in [2.24, 2.45) is 0 Å². The van der Waals surface area contributed by atoms with Crippen LogP contribution in [-0.2, 0) is 16.1 Å². The number of carboxylic acid groups (broad SMARTS) is 1. The second-order valence-electron chi connectivity index (χ2n) is 11.0. The largest absolute Gasteiger partial charge is 0.550 e. The molecule has 0 aliphatic heterocycles. The molecule has 1 unspecified atom stereocenters. The van der Waals surface area contributed by atoms with Gasteiger partial charge >= 0.3 is 35.8 Å². The summed E-state index contributed by atoms with van der Waals surface area (Å²) in [5.41, 5.74) is 0.634. The molecule has 0 bridgehead atoms. The first-order valence-corrected chi connectivity index (χ1v) is 15.1. The predicted molar refractivity (Wildman–Crippen MR) is 141 cm³/mol. The van der Waals surface area contributed by atoms with Crippen LogP contribution in [0, 0.1) is 0 Å². The van der Waals surface area contributed by atoms with Crippen molar-refractivity contribution in [1.29, 1.82) is 0 Å². The summed E-state index contributed by atoms with van der Waals surface area (Å²) in [5.74, 6) is -40.3. The highest BCUT2D eigenvalue weighted by Crippen LogP contribution is 2.60. The molecule has 0 saturated heterocycles. The molecule has 0 amide bonds. The molecule has 0 fully saturated rings. The summed E-state index contributed by atoms with van der Waals surface area (Å²) in [6, 6.07) is 8.29. The van der Waals surface area contributed by atoms with Gasteiger partial charge < -0.3 is 14.4 Å². The molecular weight excluding hydrogens is 677 g/mol. The number of carbonyl (C=O) groups is 2. The van der Waals surface area contributed by atoms with Crippen LogP contribution in [0.1, 0.15) is 63.9 Å². The van der Waals surface area contributed by atoms with Crippen LogP contribution in [0.4, 0.5) is 57.1 Å². The molecule has 0 spiro atoms. The molecule has 1 atom stereocenters. The quantitative estimate of drug-likeness (QED) is 0.0740. The zero-order chi connectivity index (χ0) is 35.7. The Hall–Kier alpha value is -2.24. The van der Waals surface area contributed by atoms with E-state index >= 15 is 0 Å². The standard InChI is InChI=1S/C28H34F13NO3S/c1-2-3-4-5-6-10-15-42(16-13-21(43)44,18-20-11-8-7-9-12-20)19-22(45)46-17-14-23(29,30)24(31,32)25(33,34)26(35,36)27(37,38)28(39,40)41/h7-9,11-12H,2-6,10,13-19H2,1H3. The first-order chi connectivity index (χ1) is 20.9. The lowest BCUT2D eigenvalue weighted by molar-refractivity contribution is -0.933. The van der Waals surface area contributed by atoms with Gasteiger partial charge in [0.15, 0.2) is 0 Å². The maximum Gasteiger partial charge on any atom is 0.460 e. The molecule has 1 aromatic carbocycles. The van der Waals surface area contributed by atoms with E-state index in [1.807, 2.05) is 6.92 Å². The van der Waals surface area contributed by atoms with Crippen molar-refractivity contribution in [3.8, 4) is 0 Å². The number of halogens is 13. The second-order valence-corrected chi connectivity index (χ2v) is 12.1. The summed E-state index contributed by atoms with van der Waals surface area (Å²) in [5, 5.41) is 10.3.